The van der Waals surface area contributed by atoms with Crippen LogP contribution in [0, 0.1) is 16.0 Å². The van der Waals surface area contributed by atoms with Gasteiger partial charge in [-0.05, 0) is 25.3 Å². The number of hydrogen-bond acceptors (Lipinski definition) is 7. The molecule has 1 aromatic rings. The standard InChI is InChI=1S/C12H19N5O3/c1-16(9-5-3-4-8(9)6-13)11-10(17(18)19)12(20-2)15-7-14-11/h7-9H,3-6,13H2,1-2H3. The van der Waals surface area contributed by atoms with Gasteiger partial charge in [0, 0.05) is 13.1 Å². The molecule has 2 N–H and O–H groups in total. The number of nitro groups is 1. The van der Waals surface area contributed by atoms with Crippen LogP contribution in [0.3, 0.4) is 0 Å². The van der Waals surface area contributed by atoms with Gasteiger partial charge in [0.15, 0.2) is 0 Å². The van der Waals surface area contributed by atoms with E-state index in [2.05, 4.69) is 9.97 Å². The lowest BCUT2D eigenvalue weighted by molar-refractivity contribution is -0.385. The van der Waals surface area contributed by atoms with E-state index in [-0.39, 0.29) is 23.4 Å². The number of ether oxygens (including phenoxy) is 1. The van der Waals surface area contributed by atoms with Gasteiger partial charge >= 0.3 is 5.69 Å². The highest BCUT2D eigenvalue weighted by atomic mass is 16.6. The fraction of sp³-hybridized carbons (Fsp3) is 0.667. The second-order valence-electron chi connectivity index (χ2n) is 4.92. The summed E-state index contributed by atoms with van der Waals surface area (Å²) in [5.74, 6) is 0.599. The highest BCUT2D eigenvalue weighted by Gasteiger charge is 2.35. The van der Waals surface area contributed by atoms with Gasteiger partial charge in [0.2, 0.25) is 5.82 Å². The van der Waals surface area contributed by atoms with E-state index in [1.807, 2.05) is 11.9 Å². The molecule has 1 saturated carbocycles. The lowest BCUT2D eigenvalue weighted by Gasteiger charge is -2.29. The molecule has 0 spiro atoms. The maximum Gasteiger partial charge on any atom is 0.372 e. The molecule has 8 nitrogen and oxygen atoms in total. The van der Waals surface area contributed by atoms with Crippen LogP contribution in [0.25, 0.3) is 0 Å². The Balaban J connectivity index is 2.39. The Morgan fingerprint density at radius 2 is 2.30 bits per heavy atom. The van der Waals surface area contributed by atoms with Crippen molar-refractivity contribution in [2.75, 3.05) is 25.6 Å². The number of nitrogens with two attached hydrogens (primary N) is 1. The minimum atomic E-state index is -0.503. The molecule has 2 atom stereocenters. The van der Waals surface area contributed by atoms with Crippen LogP contribution in [0.4, 0.5) is 11.5 Å². The fourth-order valence-corrected chi connectivity index (χ4v) is 2.88. The molecule has 1 aliphatic rings. The van der Waals surface area contributed by atoms with Crippen LogP contribution in [0.5, 0.6) is 5.88 Å². The number of methoxy groups -OCH3 is 1. The van der Waals surface area contributed by atoms with Gasteiger partial charge in [0.1, 0.15) is 6.33 Å². The van der Waals surface area contributed by atoms with E-state index in [4.69, 9.17) is 10.5 Å². The van der Waals surface area contributed by atoms with Crippen molar-refractivity contribution in [2.45, 2.75) is 25.3 Å². The zero-order valence-electron chi connectivity index (χ0n) is 11.7. The number of nitrogens with zero attached hydrogens (tertiary/aromatic N) is 4. The highest BCUT2D eigenvalue weighted by molar-refractivity contribution is 5.63. The van der Waals surface area contributed by atoms with Crippen LogP contribution in [0.1, 0.15) is 19.3 Å². The van der Waals surface area contributed by atoms with Crippen LogP contribution < -0.4 is 15.4 Å². The average molecular weight is 281 g/mol. The summed E-state index contributed by atoms with van der Waals surface area (Å²) in [7, 11) is 3.17. The number of rotatable bonds is 5. The minimum Gasteiger partial charge on any atom is -0.476 e. The summed E-state index contributed by atoms with van der Waals surface area (Å²) in [6.07, 6.45) is 4.36. The topological polar surface area (TPSA) is 107 Å². The molecule has 0 bridgehead atoms. The highest BCUT2D eigenvalue weighted by Crippen LogP contribution is 2.37. The van der Waals surface area contributed by atoms with Gasteiger partial charge in [-0.2, -0.15) is 4.98 Å². The Morgan fingerprint density at radius 3 is 2.90 bits per heavy atom. The molecule has 2 unspecified atom stereocenters. The van der Waals surface area contributed by atoms with Crippen molar-refractivity contribution in [1.29, 1.82) is 0 Å². The summed E-state index contributed by atoms with van der Waals surface area (Å²) in [5, 5.41) is 11.3. The summed E-state index contributed by atoms with van der Waals surface area (Å²) in [6, 6.07) is 0.165. The Bertz CT molecular complexity index is 496. The molecule has 20 heavy (non-hydrogen) atoms. The molecule has 1 aliphatic carbocycles. The molecule has 0 aromatic carbocycles. The molecular weight excluding hydrogens is 262 g/mol. The monoisotopic (exact) mass is 281 g/mol. The van der Waals surface area contributed by atoms with Crippen molar-refractivity contribution in [3.63, 3.8) is 0 Å². The first kappa shape index (κ1) is 14.4. The van der Waals surface area contributed by atoms with E-state index in [1.54, 1.807) is 0 Å². The maximum absolute atomic E-state index is 11.3. The SMILES string of the molecule is COc1ncnc(N(C)C2CCCC2CN)c1[N+](=O)[O-]. The smallest absolute Gasteiger partial charge is 0.372 e. The molecule has 0 amide bonds. The van der Waals surface area contributed by atoms with Crippen molar-refractivity contribution >= 4 is 11.5 Å². The van der Waals surface area contributed by atoms with Crippen molar-refractivity contribution in [3.8, 4) is 5.88 Å². The largest absolute Gasteiger partial charge is 0.476 e. The predicted octanol–water partition coefficient (Wildman–Crippen LogP) is 0.957. The van der Waals surface area contributed by atoms with Crippen LogP contribution in [-0.4, -0.2) is 41.6 Å². The number of hydrogen-bond donors (Lipinski definition) is 1. The summed E-state index contributed by atoms with van der Waals surface area (Å²) in [6.45, 7) is 0.574. The normalized spacial score (nSPS) is 21.8. The Hall–Kier alpha value is -1.96. The molecule has 1 aromatic heterocycles. The van der Waals surface area contributed by atoms with Gasteiger partial charge in [0.05, 0.1) is 12.0 Å². The number of aromatic nitrogens is 2. The van der Waals surface area contributed by atoms with Gasteiger partial charge in [-0.3, -0.25) is 10.1 Å². The molecular formula is C12H19N5O3. The molecule has 2 rings (SSSR count). The predicted molar refractivity (Wildman–Crippen MR) is 73.8 cm³/mol. The van der Waals surface area contributed by atoms with E-state index < -0.39 is 4.92 Å². The lowest BCUT2D eigenvalue weighted by Crippen LogP contribution is -2.38. The Morgan fingerprint density at radius 1 is 1.55 bits per heavy atom. The average Bonchev–Trinajstić information content (AvgIpc) is 2.93. The van der Waals surface area contributed by atoms with Gasteiger partial charge in [0.25, 0.3) is 5.88 Å². The minimum absolute atomic E-state index is 0.0193. The molecule has 0 radical (unpaired) electrons. The first-order chi connectivity index (χ1) is 9.60. The zero-order valence-corrected chi connectivity index (χ0v) is 11.7. The van der Waals surface area contributed by atoms with Gasteiger partial charge in [-0.15, -0.1) is 0 Å². The van der Waals surface area contributed by atoms with E-state index in [0.29, 0.717) is 12.5 Å². The van der Waals surface area contributed by atoms with Crippen molar-refractivity contribution in [3.05, 3.63) is 16.4 Å². The third kappa shape index (κ3) is 2.51. The van der Waals surface area contributed by atoms with E-state index in [0.717, 1.165) is 19.3 Å². The van der Waals surface area contributed by atoms with Gasteiger partial charge < -0.3 is 15.4 Å². The van der Waals surface area contributed by atoms with E-state index in [9.17, 15) is 10.1 Å². The summed E-state index contributed by atoms with van der Waals surface area (Å²) in [4.78, 5) is 20.5. The van der Waals surface area contributed by atoms with Crippen LogP contribution >= 0.6 is 0 Å². The molecule has 0 saturated heterocycles. The molecule has 0 aliphatic heterocycles. The quantitative estimate of drug-likeness (QED) is 0.632. The van der Waals surface area contributed by atoms with Crippen LogP contribution in [-0.2, 0) is 0 Å². The van der Waals surface area contributed by atoms with Crippen LogP contribution in [0.2, 0.25) is 0 Å². The van der Waals surface area contributed by atoms with Crippen LogP contribution in [0.15, 0.2) is 6.33 Å². The fourth-order valence-electron chi connectivity index (χ4n) is 2.88. The van der Waals surface area contributed by atoms with E-state index >= 15 is 0 Å². The second kappa shape index (κ2) is 6.00. The van der Waals surface area contributed by atoms with Gasteiger partial charge in [-0.25, -0.2) is 4.98 Å². The molecule has 110 valence electrons. The molecule has 1 fully saturated rings. The zero-order chi connectivity index (χ0) is 14.7. The van der Waals surface area contributed by atoms with E-state index in [1.165, 1.54) is 13.4 Å². The number of anilines is 1. The first-order valence-corrected chi connectivity index (χ1v) is 6.56. The molecule has 1 heterocycles. The summed E-state index contributed by atoms with van der Waals surface area (Å²) < 4.78 is 4.97. The maximum atomic E-state index is 11.3. The van der Waals surface area contributed by atoms with Crippen molar-refractivity contribution < 1.29 is 9.66 Å². The third-order valence-electron chi connectivity index (χ3n) is 3.90. The first-order valence-electron chi connectivity index (χ1n) is 6.56. The molecule has 8 heteroatoms. The Kier molecular flexibility index (Phi) is 4.33. The third-order valence-corrected chi connectivity index (χ3v) is 3.90. The van der Waals surface area contributed by atoms with Crippen molar-refractivity contribution in [1.82, 2.24) is 9.97 Å². The second-order valence-corrected chi connectivity index (χ2v) is 4.92. The van der Waals surface area contributed by atoms with Crippen molar-refractivity contribution in [2.24, 2.45) is 11.7 Å². The summed E-state index contributed by atoms with van der Waals surface area (Å²) in [5.41, 5.74) is 5.58. The lowest BCUT2D eigenvalue weighted by atomic mass is 10.0. The van der Waals surface area contributed by atoms with Gasteiger partial charge in [-0.1, -0.05) is 6.42 Å². The Labute approximate surface area is 117 Å². The summed E-state index contributed by atoms with van der Waals surface area (Å²) >= 11 is 0.